The molecule has 5 rings (SSSR count). The minimum Gasteiger partial charge on any atom is -0.352 e. The van der Waals surface area contributed by atoms with E-state index in [1.54, 1.807) is 49.4 Å². The highest BCUT2D eigenvalue weighted by Crippen LogP contribution is 2.30. The third kappa shape index (κ3) is 8.78. The number of carbonyl (C=O) groups is 2. The summed E-state index contributed by atoms with van der Waals surface area (Å²) in [5.74, 6) is -1.33. The molecule has 0 heterocycles. The number of anilines is 1. The highest BCUT2D eigenvalue weighted by molar-refractivity contribution is 7.92. The van der Waals surface area contributed by atoms with Crippen LogP contribution in [-0.2, 0) is 32.6 Å². The van der Waals surface area contributed by atoms with Crippen LogP contribution in [0.4, 0.5) is 10.1 Å². The van der Waals surface area contributed by atoms with Crippen LogP contribution in [0.3, 0.4) is 0 Å². The molecule has 10 heteroatoms. The van der Waals surface area contributed by atoms with Crippen molar-refractivity contribution in [3.63, 3.8) is 0 Å². The van der Waals surface area contributed by atoms with Gasteiger partial charge < -0.3 is 10.2 Å². The summed E-state index contributed by atoms with van der Waals surface area (Å²) in [5, 5.41) is 3.49. The molecule has 1 N–H and O–H groups in total. The van der Waals surface area contributed by atoms with Crippen molar-refractivity contribution in [2.45, 2.75) is 69.0 Å². The zero-order chi connectivity index (χ0) is 33.4. The molecule has 1 saturated carbocycles. The first-order chi connectivity index (χ1) is 22.6. The summed E-state index contributed by atoms with van der Waals surface area (Å²) in [5.41, 5.74) is 2.29. The highest BCUT2D eigenvalue weighted by atomic mass is 35.5. The molecule has 4 aromatic carbocycles. The van der Waals surface area contributed by atoms with Crippen LogP contribution in [-0.4, -0.2) is 43.8 Å². The van der Waals surface area contributed by atoms with Crippen LogP contribution in [0.1, 0.15) is 48.8 Å². The Bertz CT molecular complexity index is 1770. The maximum absolute atomic E-state index is 14.6. The lowest BCUT2D eigenvalue weighted by Crippen LogP contribution is -2.55. The Morgan fingerprint density at radius 1 is 0.872 bits per heavy atom. The number of sulfonamides is 1. The molecule has 0 bridgehead atoms. The van der Waals surface area contributed by atoms with Crippen LogP contribution in [0.25, 0.3) is 0 Å². The van der Waals surface area contributed by atoms with E-state index in [0.717, 1.165) is 42.0 Å². The average Bonchev–Trinajstić information content (AvgIpc) is 3.08. The van der Waals surface area contributed by atoms with Crippen molar-refractivity contribution >= 4 is 39.1 Å². The summed E-state index contributed by atoms with van der Waals surface area (Å²) < 4.78 is 43.4. The van der Waals surface area contributed by atoms with Gasteiger partial charge in [0.25, 0.3) is 10.0 Å². The van der Waals surface area contributed by atoms with E-state index in [-0.39, 0.29) is 35.5 Å². The smallest absolute Gasteiger partial charge is 0.264 e. The topological polar surface area (TPSA) is 86.8 Å². The van der Waals surface area contributed by atoms with Crippen LogP contribution < -0.4 is 9.62 Å². The summed E-state index contributed by atoms with van der Waals surface area (Å²) in [6.07, 6.45) is 5.05. The number of nitrogens with one attached hydrogen (secondary N) is 1. The van der Waals surface area contributed by atoms with E-state index in [2.05, 4.69) is 5.32 Å². The lowest BCUT2D eigenvalue weighted by molar-refractivity contribution is -0.140. The molecule has 1 aliphatic rings. The number of benzene rings is 4. The number of nitrogens with zero attached hydrogens (tertiary/aromatic N) is 2. The molecule has 0 aliphatic heterocycles. The third-order valence-electron chi connectivity index (χ3n) is 8.54. The maximum Gasteiger partial charge on any atom is 0.264 e. The van der Waals surface area contributed by atoms with Gasteiger partial charge in [-0.1, -0.05) is 97.6 Å². The van der Waals surface area contributed by atoms with Gasteiger partial charge in [-0.3, -0.25) is 13.9 Å². The van der Waals surface area contributed by atoms with Gasteiger partial charge in [0.1, 0.15) is 18.4 Å². The van der Waals surface area contributed by atoms with Crippen LogP contribution >= 0.6 is 11.6 Å². The summed E-state index contributed by atoms with van der Waals surface area (Å²) >= 11 is 6.35. The van der Waals surface area contributed by atoms with Crippen molar-refractivity contribution in [2.24, 2.45) is 0 Å². The van der Waals surface area contributed by atoms with Gasteiger partial charge in [-0.2, -0.15) is 0 Å². The number of carbonyl (C=O) groups excluding carboxylic acids is 2. The molecule has 7 nitrogen and oxygen atoms in total. The van der Waals surface area contributed by atoms with E-state index in [0.29, 0.717) is 16.1 Å². The van der Waals surface area contributed by atoms with E-state index in [1.165, 1.54) is 35.2 Å². The quantitative estimate of drug-likeness (QED) is 0.174. The first-order valence-electron chi connectivity index (χ1n) is 15.8. The van der Waals surface area contributed by atoms with Crippen molar-refractivity contribution in [3.8, 4) is 0 Å². The molecule has 0 spiro atoms. The molecular weight excluding hydrogens is 637 g/mol. The monoisotopic (exact) mass is 675 g/mol. The predicted octanol–water partition coefficient (Wildman–Crippen LogP) is 7.07. The Kier molecular flexibility index (Phi) is 11.3. The fourth-order valence-corrected chi connectivity index (χ4v) is 7.63. The normalized spacial score (nSPS) is 14.3. The van der Waals surface area contributed by atoms with E-state index in [1.807, 2.05) is 30.3 Å². The summed E-state index contributed by atoms with van der Waals surface area (Å²) in [4.78, 5) is 30.2. The molecule has 0 saturated heterocycles. The first kappa shape index (κ1) is 34.1. The van der Waals surface area contributed by atoms with Gasteiger partial charge >= 0.3 is 0 Å². The van der Waals surface area contributed by atoms with Crippen molar-refractivity contribution < 1.29 is 22.4 Å². The second-order valence-electron chi connectivity index (χ2n) is 12.0. The number of amides is 2. The average molecular weight is 676 g/mol. The van der Waals surface area contributed by atoms with E-state index < -0.39 is 34.3 Å². The molecule has 246 valence electrons. The van der Waals surface area contributed by atoms with E-state index >= 15 is 0 Å². The second kappa shape index (κ2) is 15.6. The fourth-order valence-electron chi connectivity index (χ4n) is 5.97. The Morgan fingerprint density at radius 2 is 1.51 bits per heavy atom. The SMILES string of the molecule is Cc1ccc(Cl)cc1N(CC(=O)N(Cc1ccc(F)cc1)C(Cc1ccccc1)C(=O)NC1CCCCC1)S(=O)(=O)c1ccccc1. The molecule has 0 aromatic heterocycles. The molecule has 0 radical (unpaired) electrons. The zero-order valence-corrected chi connectivity index (χ0v) is 27.9. The molecule has 47 heavy (non-hydrogen) atoms. The van der Waals surface area contributed by atoms with Crippen LogP contribution in [0.15, 0.2) is 108 Å². The van der Waals surface area contributed by atoms with Crippen LogP contribution in [0.2, 0.25) is 5.02 Å². The Morgan fingerprint density at radius 3 is 2.17 bits per heavy atom. The largest absolute Gasteiger partial charge is 0.352 e. The predicted molar refractivity (Wildman–Crippen MR) is 183 cm³/mol. The highest BCUT2D eigenvalue weighted by Gasteiger charge is 2.36. The van der Waals surface area contributed by atoms with Crippen molar-refractivity contribution in [1.82, 2.24) is 10.2 Å². The maximum atomic E-state index is 14.6. The molecule has 1 unspecified atom stereocenters. The van der Waals surface area contributed by atoms with Crippen molar-refractivity contribution in [2.75, 3.05) is 10.8 Å². The number of halogens is 2. The number of hydrogen-bond donors (Lipinski definition) is 1. The molecule has 1 atom stereocenters. The fraction of sp³-hybridized carbons (Fsp3) is 0.297. The van der Waals surface area contributed by atoms with Crippen molar-refractivity contribution in [1.29, 1.82) is 0 Å². The summed E-state index contributed by atoms with van der Waals surface area (Å²) in [6, 6.07) is 26.9. The Balaban J connectivity index is 1.58. The lowest BCUT2D eigenvalue weighted by Gasteiger charge is -2.35. The molecule has 1 aliphatic carbocycles. The standard InChI is InChI=1S/C37H39ClFN3O4S/c1-27-17-20-30(38)24-34(27)42(47(45,46)33-15-9-4-10-16-33)26-36(43)41(25-29-18-21-31(39)22-19-29)35(23-28-11-5-2-6-12-28)37(44)40-32-13-7-3-8-14-32/h2,4-6,9-12,15-22,24,32,35H,3,7-8,13-14,23,25-26H2,1H3,(H,40,44). The number of hydrogen-bond acceptors (Lipinski definition) is 4. The number of rotatable bonds is 12. The minimum atomic E-state index is -4.25. The molecule has 1 fully saturated rings. The Hall–Kier alpha value is -4.21. The van der Waals surface area contributed by atoms with Gasteiger partial charge in [0.2, 0.25) is 11.8 Å². The van der Waals surface area contributed by atoms with Crippen LogP contribution in [0.5, 0.6) is 0 Å². The van der Waals surface area contributed by atoms with Crippen molar-refractivity contribution in [3.05, 3.63) is 131 Å². The van der Waals surface area contributed by atoms with Gasteiger partial charge in [0, 0.05) is 24.0 Å². The first-order valence-corrected chi connectivity index (χ1v) is 17.7. The van der Waals surface area contributed by atoms with Crippen LogP contribution in [0, 0.1) is 12.7 Å². The number of aryl methyl sites for hydroxylation is 1. The van der Waals surface area contributed by atoms with Gasteiger partial charge in [-0.05, 0) is 72.9 Å². The summed E-state index contributed by atoms with van der Waals surface area (Å²) in [6.45, 7) is 1.11. The lowest BCUT2D eigenvalue weighted by atomic mass is 9.94. The van der Waals surface area contributed by atoms with Gasteiger partial charge in [0.05, 0.1) is 10.6 Å². The molecule has 4 aromatic rings. The van der Waals surface area contributed by atoms with Gasteiger partial charge in [-0.15, -0.1) is 0 Å². The third-order valence-corrected chi connectivity index (χ3v) is 10.5. The van der Waals surface area contributed by atoms with E-state index in [4.69, 9.17) is 11.6 Å². The molecule has 2 amide bonds. The minimum absolute atomic E-state index is 0.00753. The Labute approximate surface area is 281 Å². The zero-order valence-electron chi connectivity index (χ0n) is 26.3. The van der Waals surface area contributed by atoms with Gasteiger partial charge in [-0.25, -0.2) is 12.8 Å². The van der Waals surface area contributed by atoms with Gasteiger partial charge in [0.15, 0.2) is 0 Å². The van der Waals surface area contributed by atoms with E-state index in [9.17, 15) is 22.4 Å². The molecular formula is C37H39ClFN3O4S. The summed E-state index contributed by atoms with van der Waals surface area (Å²) in [7, 11) is -4.25. The second-order valence-corrected chi connectivity index (χ2v) is 14.3.